The monoisotopic (exact) mass is 214 g/mol. The average Bonchev–Trinajstić information content (AvgIpc) is 3.01. The predicted octanol–water partition coefficient (Wildman–Crippen LogP) is 1.48. The summed E-state index contributed by atoms with van der Waals surface area (Å²) in [5.41, 5.74) is 2.29. The molecule has 4 nitrogen and oxygen atoms in total. The Hall–Kier alpha value is -1.68. The molecule has 0 aromatic carbocycles. The number of nitrogens with one attached hydrogen (secondary N) is 1. The SMILES string of the molecule is c1cncc(-c2cncn2C2CCNC2)c1. The van der Waals surface area contributed by atoms with Crippen LogP contribution in [0.2, 0.25) is 0 Å². The second kappa shape index (κ2) is 4.06. The molecule has 1 aliphatic rings. The second-order valence-electron chi connectivity index (χ2n) is 4.07. The molecular formula is C12H14N4. The van der Waals surface area contributed by atoms with Crippen molar-refractivity contribution in [3.8, 4) is 11.3 Å². The van der Waals surface area contributed by atoms with E-state index >= 15 is 0 Å². The second-order valence-corrected chi connectivity index (χ2v) is 4.07. The predicted molar refractivity (Wildman–Crippen MR) is 62.0 cm³/mol. The topological polar surface area (TPSA) is 42.7 Å². The van der Waals surface area contributed by atoms with Crippen molar-refractivity contribution in [3.05, 3.63) is 37.1 Å². The normalized spacial score (nSPS) is 20.1. The first-order chi connectivity index (χ1) is 7.95. The molecule has 0 spiro atoms. The number of imidazole rings is 1. The Labute approximate surface area is 94.4 Å². The van der Waals surface area contributed by atoms with Crippen molar-refractivity contribution in [1.29, 1.82) is 0 Å². The van der Waals surface area contributed by atoms with E-state index in [1.807, 2.05) is 24.8 Å². The third-order valence-electron chi connectivity index (χ3n) is 3.05. The summed E-state index contributed by atoms with van der Waals surface area (Å²) < 4.78 is 2.25. The molecule has 0 amide bonds. The van der Waals surface area contributed by atoms with Crippen LogP contribution < -0.4 is 5.32 Å². The summed E-state index contributed by atoms with van der Waals surface area (Å²) in [6.07, 6.45) is 8.68. The van der Waals surface area contributed by atoms with E-state index in [4.69, 9.17) is 0 Å². The molecule has 1 aliphatic heterocycles. The number of nitrogens with zero attached hydrogens (tertiary/aromatic N) is 3. The molecule has 2 aromatic heterocycles. The number of rotatable bonds is 2. The van der Waals surface area contributed by atoms with Gasteiger partial charge < -0.3 is 9.88 Å². The molecule has 16 heavy (non-hydrogen) atoms. The molecule has 82 valence electrons. The summed E-state index contributed by atoms with van der Waals surface area (Å²) in [5.74, 6) is 0. The molecule has 1 saturated heterocycles. The summed E-state index contributed by atoms with van der Waals surface area (Å²) in [5, 5.41) is 3.38. The third kappa shape index (κ3) is 1.61. The van der Waals surface area contributed by atoms with E-state index in [9.17, 15) is 0 Å². The van der Waals surface area contributed by atoms with Crippen LogP contribution >= 0.6 is 0 Å². The van der Waals surface area contributed by atoms with E-state index in [-0.39, 0.29) is 0 Å². The first kappa shape index (κ1) is 9.54. The maximum absolute atomic E-state index is 4.25. The largest absolute Gasteiger partial charge is 0.326 e. The van der Waals surface area contributed by atoms with Crippen LogP contribution in [0.3, 0.4) is 0 Å². The van der Waals surface area contributed by atoms with Gasteiger partial charge in [-0.1, -0.05) is 0 Å². The molecule has 1 atom stereocenters. The highest BCUT2D eigenvalue weighted by Crippen LogP contribution is 2.24. The van der Waals surface area contributed by atoms with Crippen molar-refractivity contribution in [3.63, 3.8) is 0 Å². The maximum Gasteiger partial charge on any atom is 0.0954 e. The van der Waals surface area contributed by atoms with Crippen LogP contribution in [-0.4, -0.2) is 27.6 Å². The third-order valence-corrected chi connectivity index (χ3v) is 3.05. The van der Waals surface area contributed by atoms with E-state index < -0.39 is 0 Å². The number of aromatic nitrogens is 3. The summed E-state index contributed by atoms with van der Waals surface area (Å²) in [4.78, 5) is 8.40. The van der Waals surface area contributed by atoms with E-state index in [1.165, 1.54) is 6.42 Å². The Morgan fingerprint density at radius 1 is 1.31 bits per heavy atom. The molecule has 1 N–H and O–H groups in total. The Balaban J connectivity index is 1.99. The lowest BCUT2D eigenvalue weighted by Crippen LogP contribution is -2.13. The summed E-state index contributed by atoms with van der Waals surface area (Å²) in [6.45, 7) is 2.12. The molecular weight excluding hydrogens is 200 g/mol. The van der Waals surface area contributed by atoms with Crippen molar-refractivity contribution in [2.75, 3.05) is 13.1 Å². The Morgan fingerprint density at radius 3 is 3.06 bits per heavy atom. The molecule has 0 aliphatic carbocycles. The first-order valence-electron chi connectivity index (χ1n) is 5.58. The van der Waals surface area contributed by atoms with Crippen molar-refractivity contribution in [2.45, 2.75) is 12.5 Å². The Morgan fingerprint density at radius 2 is 2.31 bits per heavy atom. The highest BCUT2D eigenvalue weighted by molar-refractivity contribution is 5.57. The molecule has 2 aromatic rings. The van der Waals surface area contributed by atoms with Crippen LogP contribution in [0.5, 0.6) is 0 Å². The van der Waals surface area contributed by atoms with Crippen molar-refractivity contribution >= 4 is 0 Å². The summed E-state index contributed by atoms with van der Waals surface area (Å²) in [6, 6.07) is 4.56. The lowest BCUT2D eigenvalue weighted by Gasteiger charge is -2.14. The van der Waals surface area contributed by atoms with E-state index in [0.29, 0.717) is 6.04 Å². The zero-order chi connectivity index (χ0) is 10.8. The minimum absolute atomic E-state index is 0.526. The van der Waals surface area contributed by atoms with Crippen LogP contribution in [0.15, 0.2) is 37.1 Å². The molecule has 0 radical (unpaired) electrons. The fourth-order valence-electron chi connectivity index (χ4n) is 2.21. The van der Waals surface area contributed by atoms with Gasteiger partial charge in [0.25, 0.3) is 0 Å². The van der Waals surface area contributed by atoms with Crippen LogP contribution in [0.25, 0.3) is 11.3 Å². The lowest BCUT2D eigenvalue weighted by molar-refractivity contribution is 0.551. The van der Waals surface area contributed by atoms with Crippen molar-refractivity contribution in [1.82, 2.24) is 19.9 Å². The zero-order valence-electron chi connectivity index (χ0n) is 9.00. The van der Waals surface area contributed by atoms with E-state index in [1.54, 1.807) is 6.20 Å². The average molecular weight is 214 g/mol. The summed E-state index contributed by atoms with van der Waals surface area (Å²) in [7, 11) is 0. The van der Waals surface area contributed by atoms with Crippen molar-refractivity contribution in [2.24, 2.45) is 0 Å². The van der Waals surface area contributed by atoms with Crippen LogP contribution in [0, 0.1) is 0 Å². The highest BCUT2D eigenvalue weighted by atomic mass is 15.1. The maximum atomic E-state index is 4.25. The van der Waals surface area contributed by atoms with Gasteiger partial charge in [-0.05, 0) is 25.1 Å². The highest BCUT2D eigenvalue weighted by Gasteiger charge is 2.18. The number of hydrogen-bond donors (Lipinski definition) is 1. The summed E-state index contributed by atoms with van der Waals surface area (Å²) >= 11 is 0. The van der Waals surface area contributed by atoms with Crippen LogP contribution in [-0.2, 0) is 0 Å². The fraction of sp³-hybridized carbons (Fsp3) is 0.333. The zero-order valence-corrected chi connectivity index (χ0v) is 9.00. The van der Waals surface area contributed by atoms with Gasteiger partial charge >= 0.3 is 0 Å². The van der Waals surface area contributed by atoms with Gasteiger partial charge in [-0.2, -0.15) is 0 Å². The van der Waals surface area contributed by atoms with E-state index in [0.717, 1.165) is 24.3 Å². The van der Waals surface area contributed by atoms with E-state index in [2.05, 4.69) is 25.9 Å². The van der Waals surface area contributed by atoms with Gasteiger partial charge in [-0.3, -0.25) is 4.98 Å². The van der Waals surface area contributed by atoms with Gasteiger partial charge in [0.1, 0.15) is 0 Å². The molecule has 1 unspecified atom stereocenters. The standard InChI is InChI=1S/C12H14N4/c1-2-10(6-13-4-1)12-8-15-9-16(12)11-3-5-14-7-11/h1-2,4,6,8-9,11,14H,3,5,7H2. The lowest BCUT2D eigenvalue weighted by atomic mass is 10.2. The molecule has 4 heteroatoms. The molecule has 3 rings (SSSR count). The first-order valence-corrected chi connectivity index (χ1v) is 5.58. The van der Waals surface area contributed by atoms with Gasteiger partial charge in [-0.25, -0.2) is 4.98 Å². The number of hydrogen-bond acceptors (Lipinski definition) is 3. The van der Waals surface area contributed by atoms with Gasteiger partial charge in [-0.15, -0.1) is 0 Å². The van der Waals surface area contributed by atoms with Gasteiger partial charge in [0.2, 0.25) is 0 Å². The quantitative estimate of drug-likeness (QED) is 0.823. The molecule has 1 fully saturated rings. The Bertz CT molecular complexity index is 457. The van der Waals surface area contributed by atoms with Gasteiger partial charge in [0, 0.05) is 30.5 Å². The number of pyridine rings is 1. The molecule has 0 saturated carbocycles. The van der Waals surface area contributed by atoms with Crippen LogP contribution in [0.1, 0.15) is 12.5 Å². The minimum Gasteiger partial charge on any atom is -0.326 e. The van der Waals surface area contributed by atoms with Crippen molar-refractivity contribution < 1.29 is 0 Å². The molecule has 0 bridgehead atoms. The Kier molecular flexibility index (Phi) is 2.42. The minimum atomic E-state index is 0.526. The smallest absolute Gasteiger partial charge is 0.0954 e. The molecule has 3 heterocycles. The van der Waals surface area contributed by atoms with Gasteiger partial charge in [0.15, 0.2) is 0 Å². The van der Waals surface area contributed by atoms with Gasteiger partial charge in [0.05, 0.1) is 18.2 Å². The fourth-order valence-corrected chi connectivity index (χ4v) is 2.21. The van der Waals surface area contributed by atoms with Crippen LogP contribution in [0.4, 0.5) is 0 Å².